The maximum absolute atomic E-state index is 11.7. The average molecular weight is 311 g/mol. The smallest absolute Gasteiger partial charge is 0.251 e. The van der Waals surface area contributed by atoms with E-state index < -0.39 is 9.84 Å². The molecule has 1 saturated heterocycles. The molecule has 0 radical (unpaired) electrons. The van der Waals surface area contributed by atoms with E-state index in [4.69, 9.17) is 5.73 Å². The summed E-state index contributed by atoms with van der Waals surface area (Å²) in [5.74, 6) is 0.267. The molecule has 0 unspecified atom stereocenters. The van der Waals surface area contributed by atoms with Gasteiger partial charge in [-0.15, -0.1) is 0 Å². The highest BCUT2D eigenvalue weighted by atomic mass is 32.2. The van der Waals surface area contributed by atoms with Crippen LogP contribution in [0.4, 0.5) is 11.4 Å². The van der Waals surface area contributed by atoms with Crippen LogP contribution in [-0.4, -0.2) is 38.4 Å². The van der Waals surface area contributed by atoms with Crippen LogP contribution >= 0.6 is 0 Å². The van der Waals surface area contributed by atoms with Crippen molar-refractivity contribution in [1.29, 1.82) is 0 Å². The van der Waals surface area contributed by atoms with Crippen LogP contribution in [-0.2, 0) is 9.84 Å². The number of nitrogens with two attached hydrogens (primary N) is 1. The number of nitrogens with one attached hydrogen (secondary N) is 2. The van der Waals surface area contributed by atoms with E-state index in [1.807, 2.05) is 6.92 Å². The number of benzene rings is 1. The van der Waals surface area contributed by atoms with Crippen molar-refractivity contribution in [3.05, 3.63) is 23.8 Å². The minimum atomic E-state index is -2.87. The van der Waals surface area contributed by atoms with Gasteiger partial charge in [0.25, 0.3) is 5.91 Å². The molecule has 116 valence electrons. The number of carbonyl (C=O) groups excluding carboxylic acids is 1. The number of hydrogen-bond acceptors (Lipinski definition) is 5. The van der Waals surface area contributed by atoms with Gasteiger partial charge in [-0.3, -0.25) is 4.79 Å². The second-order valence-corrected chi connectivity index (χ2v) is 7.54. The molecular formula is C14H21N3O3S. The summed E-state index contributed by atoms with van der Waals surface area (Å²) in [5, 5.41) is 5.98. The first kappa shape index (κ1) is 15.6. The van der Waals surface area contributed by atoms with Crippen LogP contribution in [0.3, 0.4) is 0 Å². The highest BCUT2D eigenvalue weighted by molar-refractivity contribution is 7.91. The van der Waals surface area contributed by atoms with Gasteiger partial charge in [0, 0.05) is 18.2 Å². The number of sulfone groups is 1. The summed E-state index contributed by atoms with van der Waals surface area (Å²) in [4.78, 5) is 11.7. The number of hydrogen-bond donors (Lipinski definition) is 3. The van der Waals surface area contributed by atoms with E-state index in [1.54, 1.807) is 18.2 Å². The molecular weight excluding hydrogens is 290 g/mol. The second kappa shape index (κ2) is 6.34. The standard InChI is InChI=1S/C14H21N3O3S/c1-2-16-14(18)10-3-4-13(12(15)9-10)17-11-5-7-21(19,20)8-6-11/h3-4,9,11,17H,2,5-8,15H2,1H3,(H,16,18). The van der Waals surface area contributed by atoms with Gasteiger partial charge in [-0.2, -0.15) is 0 Å². The number of anilines is 2. The zero-order valence-electron chi connectivity index (χ0n) is 12.1. The van der Waals surface area contributed by atoms with Crippen molar-refractivity contribution in [3.63, 3.8) is 0 Å². The van der Waals surface area contributed by atoms with E-state index in [0.717, 1.165) is 5.69 Å². The Labute approximate surface area is 125 Å². The lowest BCUT2D eigenvalue weighted by Crippen LogP contribution is -2.32. The van der Waals surface area contributed by atoms with Gasteiger partial charge in [0.15, 0.2) is 0 Å². The fourth-order valence-electron chi connectivity index (χ4n) is 2.35. The molecule has 6 nitrogen and oxygen atoms in total. The Bertz CT molecular complexity index is 614. The van der Waals surface area contributed by atoms with Gasteiger partial charge in [-0.25, -0.2) is 8.42 Å². The quantitative estimate of drug-likeness (QED) is 0.720. The first-order valence-corrected chi connectivity index (χ1v) is 8.88. The minimum absolute atomic E-state index is 0.103. The van der Waals surface area contributed by atoms with Crippen molar-refractivity contribution >= 4 is 27.1 Å². The van der Waals surface area contributed by atoms with Crippen LogP contribution in [0.1, 0.15) is 30.1 Å². The lowest BCUT2D eigenvalue weighted by molar-refractivity contribution is 0.0956. The molecule has 1 aromatic carbocycles. The maximum atomic E-state index is 11.7. The van der Waals surface area contributed by atoms with E-state index in [1.165, 1.54) is 0 Å². The molecule has 1 fully saturated rings. The molecule has 0 aromatic heterocycles. The molecule has 21 heavy (non-hydrogen) atoms. The summed E-state index contributed by atoms with van der Waals surface area (Å²) in [6.45, 7) is 2.42. The number of carbonyl (C=O) groups is 1. The van der Waals surface area contributed by atoms with Crippen molar-refractivity contribution in [2.45, 2.75) is 25.8 Å². The number of amides is 1. The van der Waals surface area contributed by atoms with Crippen LogP contribution in [0, 0.1) is 0 Å². The van der Waals surface area contributed by atoms with Crippen LogP contribution < -0.4 is 16.4 Å². The Balaban J connectivity index is 2.03. The van der Waals surface area contributed by atoms with Crippen molar-refractivity contribution < 1.29 is 13.2 Å². The van der Waals surface area contributed by atoms with Gasteiger partial charge >= 0.3 is 0 Å². The SMILES string of the molecule is CCNC(=O)c1ccc(NC2CCS(=O)(=O)CC2)c(N)c1. The van der Waals surface area contributed by atoms with Gasteiger partial charge in [0.1, 0.15) is 9.84 Å². The molecule has 0 atom stereocenters. The van der Waals surface area contributed by atoms with Gasteiger partial charge in [0.2, 0.25) is 0 Å². The van der Waals surface area contributed by atoms with Crippen molar-refractivity contribution in [1.82, 2.24) is 5.32 Å². The van der Waals surface area contributed by atoms with Crippen LogP contribution in [0.25, 0.3) is 0 Å². The molecule has 7 heteroatoms. The van der Waals surface area contributed by atoms with E-state index >= 15 is 0 Å². The summed E-state index contributed by atoms with van der Waals surface area (Å²) in [7, 11) is -2.87. The molecule has 0 spiro atoms. The zero-order valence-corrected chi connectivity index (χ0v) is 12.9. The van der Waals surface area contributed by atoms with E-state index in [9.17, 15) is 13.2 Å². The van der Waals surface area contributed by atoms with Crippen LogP contribution in [0.2, 0.25) is 0 Å². The Morgan fingerprint density at radius 3 is 2.57 bits per heavy atom. The fourth-order valence-corrected chi connectivity index (χ4v) is 3.84. The molecule has 0 saturated carbocycles. The van der Waals surface area contributed by atoms with E-state index in [-0.39, 0.29) is 23.5 Å². The lowest BCUT2D eigenvalue weighted by atomic mass is 10.1. The van der Waals surface area contributed by atoms with Crippen molar-refractivity contribution in [2.75, 3.05) is 29.1 Å². The molecule has 2 rings (SSSR count). The predicted octanol–water partition coefficient (Wildman–Crippen LogP) is 1.01. The second-order valence-electron chi connectivity index (χ2n) is 5.23. The third kappa shape index (κ3) is 4.10. The molecule has 0 bridgehead atoms. The summed E-state index contributed by atoms with van der Waals surface area (Å²) >= 11 is 0. The van der Waals surface area contributed by atoms with Gasteiger partial charge in [-0.05, 0) is 38.0 Å². The van der Waals surface area contributed by atoms with E-state index in [0.29, 0.717) is 30.6 Å². The topological polar surface area (TPSA) is 101 Å². The summed E-state index contributed by atoms with van der Waals surface area (Å²) < 4.78 is 22.8. The third-order valence-corrected chi connectivity index (χ3v) is 5.28. The first-order valence-electron chi connectivity index (χ1n) is 7.06. The summed E-state index contributed by atoms with van der Waals surface area (Å²) in [6, 6.07) is 5.21. The summed E-state index contributed by atoms with van der Waals surface area (Å²) in [5.41, 5.74) is 7.72. The number of nitrogen functional groups attached to an aromatic ring is 1. The molecule has 1 aromatic rings. The maximum Gasteiger partial charge on any atom is 0.251 e. The fraction of sp³-hybridized carbons (Fsp3) is 0.500. The van der Waals surface area contributed by atoms with Gasteiger partial charge in [-0.1, -0.05) is 0 Å². The Kier molecular flexibility index (Phi) is 4.72. The Morgan fingerprint density at radius 1 is 1.33 bits per heavy atom. The normalized spacial score (nSPS) is 18.1. The predicted molar refractivity (Wildman–Crippen MR) is 84.2 cm³/mol. The van der Waals surface area contributed by atoms with Crippen LogP contribution in [0.5, 0.6) is 0 Å². The molecule has 1 aliphatic heterocycles. The average Bonchev–Trinajstić information content (AvgIpc) is 2.43. The first-order chi connectivity index (χ1) is 9.91. The zero-order chi connectivity index (χ0) is 15.5. The molecule has 1 aliphatic rings. The highest BCUT2D eigenvalue weighted by Gasteiger charge is 2.23. The summed E-state index contributed by atoms with van der Waals surface area (Å²) in [6.07, 6.45) is 1.17. The lowest BCUT2D eigenvalue weighted by Gasteiger charge is -2.24. The van der Waals surface area contributed by atoms with Crippen molar-refractivity contribution in [3.8, 4) is 0 Å². The molecule has 1 amide bonds. The van der Waals surface area contributed by atoms with E-state index in [2.05, 4.69) is 10.6 Å². The Morgan fingerprint density at radius 2 is 2.00 bits per heavy atom. The largest absolute Gasteiger partial charge is 0.397 e. The molecule has 0 aliphatic carbocycles. The molecule has 1 heterocycles. The van der Waals surface area contributed by atoms with Crippen LogP contribution in [0.15, 0.2) is 18.2 Å². The third-order valence-electron chi connectivity index (χ3n) is 3.57. The van der Waals surface area contributed by atoms with Gasteiger partial charge in [0.05, 0.1) is 22.9 Å². The Hall–Kier alpha value is -1.76. The highest BCUT2D eigenvalue weighted by Crippen LogP contribution is 2.24. The van der Waals surface area contributed by atoms with Gasteiger partial charge < -0.3 is 16.4 Å². The molecule has 4 N–H and O–H groups in total. The monoisotopic (exact) mass is 311 g/mol. The van der Waals surface area contributed by atoms with Crippen molar-refractivity contribution in [2.24, 2.45) is 0 Å². The number of rotatable bonds is 4. The minimum Gasteiger partial charge on any atom is -0.397 e.